The zero-order valence-electron chi connectivity index (χ0n) is 16.2. The van der Waals surface area contributed by atoms with Crippen molar-refractivity contribution in [1.29, 1.82) is 0 Å². The van der Waals surface area contributed by atoms with E-state index in [9.17, 15) is 19.8 Å². The van der Waals surface area contributed by atoms with Crippen LogP contribution in [0.4, 0.5) is 0 Å². The van der Waals surface area contributed by atoms with E-state index < -0.39 is 29.9 Å². The molecule has 6 nitrogen and oxygen atoms in total. The quantitative estimate of drug-likeness (QED) is 0.250. The molecule has 0 radical (unpaired) electrons. The summed E-state index contributed by atoms with van der Waals surface area (Å²) in [6.45, 7) is 3.76. The number of rotatable bonds is 12. The third-order valence-electron chi connectivity index (χ3n) is 4.23. The first kappa shape index (κ1) is 28.1. The van der Waals surface area contributed by atoms with Crippen molar-refractivity contribution in [3.63, 3.8) is 0 Å². The van der Waals surface area contributed by atoms with Gasteiger partial charge in [-0.3, -0.25) is 0 Å². The SMILES string of the molecule is CCCCCCCCCCCC1(C)OC(C(=O)[O-])C(C(=O)[O-])O1.[Na+].[Na+]. The number of hydrogen-bond donors (Lipinski definition) is 0. The third-order valence-corrected chi connectivity index (χ3v) is 4.23. The number of carbonyl (C=O) groups is 2. The molecule has 0 aromatic heterocycles. The molecule has 0 N–H and O–H groups in total. The summed E-state index contributed by atoms with van der Waals surface area (Å²) in [5.41, 5.74) is 0. The van der Waals surface area contributed by atoms with E-state index in [1.54, 1.807) is 6.92 Å². The number of carboxylic acids is 2. The summed E-state index contributed by atoms with van der Waals surface area (Å²) in [5, 5.41) is 21.8. The van der Waals surface area contributed by atoms with Crippen LogP contribution in [0, 0.1) is 0 Å². The monoisotopic (exact) mass is 374 g/mol. The minimum Gasteiger partial charge on any atom is -0.547 e. The van der Waals surface area contributed by atoms with Crippen LogP contribution in [0.5, 0.6) is 0 Å². The Bertz CT molecular complexity index is 369. The number of aliphatic carboxylic acids is 2. The molecule has 25 heavy (non-hydrogen) atoms. The fourth-order valence-corrected chi connectivity index (χ4v) is 2.91. The maximum Gasteiger partial charge on any atom is 1.00 e. The first-order chi connectivity index (χ1) is 10.9. The van der Waals surface area contributed by atoms with Gasteiger partial charge in [0.25, 0.3) is 0 Å². The average molecular weight is 374 g/mol. The fourth-order valence-electron chi connectivity index (χ4n) is 2.91. The number of ether oxygens (including phenoxy) is 2. The second-order valence-electron chi connectivity index (χ2n) is 6.43. The normalized spacial score (nSPS) is 25.0. The van der Waals surface area contributed by atoms with Crippen molar-refractivity contribution < 1.29 is 88.4 Å². The van der Waals surface area contributed by atoms with Gasteiger partial charge < -0.3 is 29.3 Å². The number of unbranched alkanes of at least 4 members (excludes halogenated alkanes) is 8. The summed E-state index contributed by atoms with van der Waals surface area (Å²) in [6.07, 6.45) is 7.68. The number of carbonyl (C=O) groups excluding carboxylic acids is 2. The molecule has 0 aromatic rings. The second-order valence-corrected chi connectivity index (χ2v) is 6.43. The molecule has 1 aliphatic heterocycles. The van der Waals surface area contributed by atoms with Crippen LogP contribution in [0.15, 0.2) is 0 Å². The Morgan fingerprint density at radius 1 is 0.800 bits per heavy atom. The van der Waals surface area contributed by atoms with Crippen LogP contribution in [-0.2, 0) is 19.1 Å². The van der Waals surface area contributed by atoms with Gasteiger partial charge in [0.05, 0.1) is 11.9 Å². The Labute approximate surface area is 195 Å². The van der Waals surface area contributed by atoms with Gasteiger partial charge in [-0.1, -0.05) is 58.3 Å². The Hall–Kier alpha value is 0.860. The van der Waals surface area contributed by atoms with E-state index >= 15 is 0 Å². The van der Waals surface area contributed by atoms with Gasteiger partial charge >= 0.3 is 59.1 Å². The minimum absolute atomic E-state index is 0. The van der Waals surface area contributed by atoms with E-state index in [0.29, 0.717) is 6.42 Å². The van der Waals surface area contributed by atoms with Gasteiger partial charge in [-0.2, -0.15) is 0 Å². The van der Waals surface area contributed by atoms with Crippen molar-refractivity contribution >= 4 is 11.9 Å². The van der Waals surface area contributed by atoms with Gasteiger partial charge in [-0.25, -0.2) is 0 Å². The van der Waals surface area contributed by atoms with E-state index in [-0.39, 0.29) is 59.1 Å². The minimum atomic E-state index is -1.61. The van der Waals surface area contributed by atoms with E-state index in [4.69, 9.17) is 9.47 Å². The van der Waals surface area contributed by atoms with E-state index in [2.05, 4.69) is 6.92 Å². The van der Waals surface area contributed by atoms with Crippen molar-refractivity contribution in [2.24, 2.45) is 0 Å². The third kappa shape index (κ3) is 10.7. The predicted molar refractivity (Wildman–Crippen MR) is 80.0 cm³/mol. The van der Waals surface area contributed by atoms with Crippen LogP contribution in [0.3, 0.4) is 0 Å². The number of hydrogen-bond acceptors (Lipinski definition) is 6. The molecule has 1 rings (SSSR count). The molecule has 2 atom stereocenters. The van der Waals surface area contributed by atoms with Gasteiger partial charge in [0, 0.05) is 6.42 Å². The van der Waals surface area contributed by atoms with Crippen molar-refractivity contribution in [1.82, 2.24) is 0 Å². The Morgan fingerprint density at radius 3 is 1.52 bits per heavy atom. The van der Waals surface area contributed by atoms with Crippen molar-refractivity contribution in [3.05, 3.63) is 0 Å². The molecule has 0 amide bonds. The van der Waals surface area contributed by atoms with Crippen molar-refractivity contribution in [2.75, 3.05) is 0 Å². The molecule has 1 saturated heterocycles. The summed E-state index contributed by atoms with van der Waals surface area (Å²) in [5.74, 6) is -4.37. The molecule has 0 spiro atoms. The van der Waals surface area contributed by atoms with Crippen LogP contribution in [0.1, 0.15) is 78.1 Å². The van der Waals surface area contributed by atoms with Gasteiger partial charge in [-0.15, -0.1) is 0 Å². The largest absolute Gasteiger partial charge is 1.00 e. The van der Waals surface area contributed by atoms with E-state index in [1.165, 1.54) is 38.5 Å². The van der Waals surface area contributed by atoms with Crippen molar-refractivity contribution in [3.8, 4) is 0 Å². The molecular weight excluding hydrogens is 346 g/mol. The molecular formula is C17H28Na2O6. The maximum atomic E-state index is 10.9. The fraction of sp³-hybridized carbons (Fsp3) is 0.882. The summed E-state index contributed by atoms with van der Waals surface area (Å²) in [6, 6.07) is 0. The molecule has 0 bridgehead atoms. The van der Waals surface area contributed by atoms with E-state index in [1.807, 2.05) is 0 Å². The predicted octanol–water partition coefficient (Wildman–Crippen LogP) is -5.08. The second kappa shape index (κ2) is 14.9. The molecule has 0 saturated carbocycles. The van der Waals surface area contributed by atoms with Crippen LogP contribution in [0.25, 0.3) is 0 Å². The first-order valence-electron chi connectivity index (χ1n) is 8.67. The zero-order chi connectivity index (χ0) is 17.3. The molecule has 0 aromatic carbocycles. The zero-order valence-corrected chi connectivity index (χ0v) is 20.2. The Kier molecular flexibility index (Phi) is 16.7. The average Bonchev–Trinajstić information content (AvgIpc) is 2.84. The van der Waals surface area contributed by atoms with Crippen LogP contribution >= 0.6 is 0 Å². The smallest absolute Gasteiger partial charge is 0.547 e. The molecule has 8 heteroatoms. The standard InChI is InChI=1S/C17H30O6.2Na/c1-3-4-5-6-7-8-9-10-11-12-17(2)22-13(15(18)19)14(23-17)16(20)21;;/h13-14H,3-12H2,1-2H3,(H,18,19)(H,20,21);;/q;2*+1/p-2. The topological polar surface area (TPSA) is 98.7 Å². The summed E-state index contributed by atoms with van der Waals surface area (Å²) < 4.78 is 10.5. The number of carboxylic acid groups (broad SMARTS) is 2. The molecule has 2 unspecified atom stereocenters. The van der Waals surface area contributed by atoms with Gasteiger partial charge in [0.15, 0.2) is 5.79 Å². The molecule has 0 aliphatic carbocycles. The summed E-state index contributed by atoms with van der Waals surface area (Å²) in [7, 11) is 0. The van der Waals surface area contributed by atoms with Crippen molar-refractivity contribution in [2.45, 2.75) is 96.1 Å². The molecule has 1 aliphatic rings. The summed E-state index contributed by atoms with van der Waals surface area (Å²) in [4.78, 5) is 21.8. The van der Waals surface area contributed by atoms with Crippen LogP contribution in [0.2, 0.25) is 0 Å². The molecule has 1 heterocycles. The van der Waals surface area contributed by atoms with Gasteiger partial charge in [-0.05, 0) is 13.3 Å². The first-order valence-corrected chi connectivity index (χ1v) is 8.67. The molecule has 134 valence electrons. The van der Waals surface area contributed by atoms with E-state index in [0.717, 1.165) is 19.3 Å². The van der Waals surface area contributed by atoms with Crippen LogP contribution < -0.4 is 69.3 Å². The Balaban J connectivity index is 0. The van der Waals surface area contributed by atoms with Crippen LogP contribution in [-0.4, -0.2) is 29.9 Å². The summed E-state index contributed by atoms with van der Waals surface area (Å²) >= 11 is 0. The van der Waals surface area contributed by atoms with Gasteiger partial charge in [0.1, 0.15) is 12.2 Å². The maximum absolute atomic E-state index is 10.9. The molecule has 1 fully saturated rings. The Morgan fingerprint density at radius 2 is 1.16 bits per heavy atom. The van der Waals surface area contributed by atoms with Gasteiger partial charge in [0.2, 0.25) is 0 Å².